The van der Waals surface area contributed by atoms with Crippen LogP contribution in [-0.2, 0) is 14.4 Å². The van der Waals surface area contributed by atoms with Gasteiger partial charge in [0.1, 0.15) is 5.76 Å². The molecule has 3 saturated carbocycles. The molecule has 0 atom stereocenters. The molecule has 0 spiro atoms. The first-order valence-corrected chi connectivity index (χ1v) is 10.9. The maximum atomic E-state index is 13.1. The summed E-state index contributed by atoms with van der Waals surface area (Å²) in [5.41, 5.74) is 0.923. The van der Waals surface area contributed by atoms with Crippen molar-refractivity contribution in [3.63, 3.8) is 0 Å². The Bertz CT molecular complexity index is 832. The van der Waals surface area contributed by atoms with Crippen LogP contribution in [0.2, 0.25) is 0 Å². The summed E-state index contributed by atoms with van der Waals surface area (Å²) in [7, 11) is 0. The van der Waals surface area contributed by atoms with E-state index in [1.165, 1.54) is 25.7 Å². The molecule has 3 aliphatic rings. The average molecular weight is 414 g/mol. The molecule has 6 nitrogen and oxygen atoms in total. The third-order valence-electron chi connectivity index (χ3n) is 7.09. The molecule has 2 bridgehead atoms. The number of carbonyl (C=O) groups is 3. The second kappa shape index (κ2) is 9.02. The van der Waals surface area contributed by atoms with Crippen molar-refractivity contribution in [3.8, 4) is 0 Å². The highest BCUT2D eigenvalue weighted by Gasteiger charge is 2.51. The molecule has 1 aromatic carbocycles. The molecule has 0 aliphatic heterocycles. The van der Waals surface area contributed by atoms with Crippen molar-refractivity contribution in [2.75, 3.05) is 5.32 Å². The van der Waals surface area contributed by atoms with E-state index in [-0.39, 0.29) is 16.9 Å². The molecule has 6 heteroatoms. The Morgan fingerprint density at radius 1 is 1.03 bits per heavy atom. The van der Waals surface area contributed by atoms with Crippen molar-refractivity contribution in [2.24, 2.45) is 10.8 Å². The normalized spacial score (nSPS) is 25.7. The number of unbranched alkanes of at least 4 members (excludes halogenated alkanes) is 2. The Labute approximate surface area is 177 Å². The van der Waals surface area contributed by atoms with Crippen LogP contribution in [0.25, 0.3) is 5.76 Å². The van der Waals surface area contributed by atoms with Crippen LogP contribution < -0.4 is 5.32 Å². The molecule has 0 unspecified atom stereocenters. The first-order chi connectivity index (χ1) is 14.3. The Balaban J connectivity index is 1.65. The molecule has 3 aliphatic carbocycles. The third kappa shape index (κ3) is 4.74. The summed E-state index contributed by atoms with van der Waals surface area (Å²) >= 11 is 0. The number of aliphatic carboxylic acids is 1. The van der Waals surface area contributed by atoms with Crippen molar-refractivity contribution in [3.05, 3.63) is 35.9 Å². The minimum absolute atomic E-state index is 0.0200. The lowest BCUT2D eigenvalue weighted by molar-refractivity contribution is -0.146. The summed E-state index contributed by atoms with van der Waals surface area (Å²) in [6, 6.07) is 6.49. The molecular formula is C24H31NO5. The van der Waals surface area contributed by atoms with E-state index < -0.39 is 17.5 Å². The van der Waals surface area contributed by atoms with E-state index in [4.69, 9.17) is 5.11 Å². The summed E-state index contributed by atoms with van der Waals surface area (Å²) in [6.45, 7) is 2.23. The number of carboxylic acid groups (broad SMARTS) is 1. The van der Waals surface area contributed by atoms with Gasteiger partial charge in [0, 0.05) is 22.7 Å². The van der Waals surface area contributed by atoms with Gasteiger partial charge in [-0.15, -0.1) is 0 Å². The second-order valence-corrected chi connectivity index (χ2v) is 8.97. The van der Waals surface area contributed by atoms with Crippen LogP contribution in [0, 0.1) is 10.8 Å². The van der Waals surface area contributed by atoms with Crippen LogP contribution in [0.5, 0.6) is 0 Å². The van der Waals surface area contributed by atoms with E-state index in [1.54, 1.807) is 24.3 Å². The van der Waals surface area contributed by atoms with Crippen molar-refractivity contribution < 1.29 is 24.6 Å². The van der Waals surface area contributed by atoms with E-state index in [0.29, 0.717) is 17.2 Å². The first-order valence-electron chi connectivity index (χ1n) is 10.9. The van der Waals surface area contributed by atoms with Gasteiger partial charge in [0.15, 0.2) is 0 Å². The molecular weight excluding hydrogens is 382 g/mol. The maximum absolute atomic E-state index is 13.1. The summed E-state index contributed by atoms with van der Waals surface area (Å²) < 4.78 is 0. The number of fused-ring (bicyclic) bond motifs is 3. The smallest absolute Gasteiger partial charge is 0.376 e. The highest BCUT2D eigenvalue weighted by Crippen LogP contribution is 2.59. The molecule has 162 valence electrons. The number of rotatable bonds is 9. The summed E-state index contributed by atoms with van der Waals surface area (Å²) in [4.78, 5) is 35.1. The molecule has 30 heavy (non-hydrogen) atoms. The molecule has 1 amide bonds. The lowest BCUT2D eigenvalue weighted by atomic mass is 9.52. The number of carbonyl (C=O) groups excluding carboxylic acids is 2. The van der Waals surface area contributed by atoms with Crippen LogP contribution in [-0.4, -0.2) is 27.9 Å². The number of benzene rings is 1. The van der Waals surface area contributed by atoms with Crippen molar-refractivity contribution in [1.82, 2.24) is 0 Å². The molecule has 0 saturated heterocycles. The molecule has 0 heterocycles. The lowest BCUT2D eigenvalue weighted by Gasteiger charge is -2.52. The number of hydrogen-bond acceptors (Lipinski definition) is 4. The number of hydrogen-bond donors (Lipinski definition) is 3. The fraction of sp³-hybridized carbons (Fsp3) is 0.542. The van der Waals surface area contributed by atoms with Crippen LogP contribution in [0.3, 0.4) is 0 Å². The van der Waals surface area contributed by atoms with Gasteiger partial charge >= 0.3 is 5.97 Å². The predicted molar refractivity (Wildman–Crippen MR) is 115 cm³/mol. The number of ketones is 1. The highest BCUT2D eigenvalue weighted by atomic mass is 16.4. The SMILES string of the molecule is CCCCCC12CCC(C(=O)Nc3cccc(/C(O)=C/C(=O)C(=O)O)c3)(CC1)CC2. The van der Waals surface area contributed by atoms with Gasteiger partial charge in [0.2, 0.25) is 5.91 Å². The Kier molecular flexibility index (Phi) is 6.64. The number of anilines is 1. The number of aliphatic hydroxyl groups is 1. The fourth-order valence-corrected chi connectivity index (χ4v) is 5.02. The predicted octanol–water partition coefficient (Wildman–Crippen LogP) is 5.10. The first kappa shape index (κ1) is 22.1. The van der Waals surface area contributed by atoms with Gasteiger partial charge in [-0.05, 0) is 62.5 Å². The van der Waals surface area contributed by atoms with Crippen molar-refractivity contribution in [2.45, 2.75) is 71.1 Å². The Morgan fingerprint density at radius 2 is 1.70 bits per heavy atom. The van der Waals surface area contributed by atoms with E-state index in [2.05, 4.69) is 12.2 Å². The molecule has 0 aromatic heterocycles. The van der Waals surface area contributed by atoms with Gasteiger partial charge in [-0.25, -0.2) is 4.79 Å². The summed E-state index contributed by atoms with van der Waals surface area (Å²) in [5.74, 6) is -3.26. The number of carboxylic acids is 1. The molecule has 0 radical (unpaired) electrons. The Hall–Kier alpha value is -2.63. The third-order valence-corrected chi connectivity index (χ3v) is 7.09. The van der Waals surface area contributed by atoms with E-state index in [1.807, 2.05) is 0 Å². The van der Waals surface area contributed by atoms with Gasteiger partial charge in [-0.2, -0.15) is 0 Å². The number of amides is 1. The summed E-state index contributed by atoms with van der Waals surface area (Å²) in [5, 5.41) is 21.7. The minimum Gasteiger partial charge on any atom is -0.507 e. The highest BCUT2D eigenvalue weighted by molar-refractivity contribution is 6.38. The van der Waals surface area contributed by atoms with Crippen molar-refractivity contribution in [1.29, 1.82) is 0 Å². The van der Waals surface area contributed by atoms with Crippen LogP contribution >= 0.6 is 0 Å². The number of nitrogens with one attached hydrogen (secondary N) is 1. The standard InChI is InChI=1S/C24H31NO5/c1-2-3-4-8-23-9-12-24(13-10-23,14-11-23)22(30)25-18-7-5-6-17(15-18)19(26)16-20(27)21(28)29/h5-7,15-16,26H,2-4,8-14H2,1H3,(H,25,30)(H,28,29)/b19-16-. The van der Waals surface area contributed by atoms with E-state index in [9.17, 15) is 19.5 Å². The van der Waals surface area contributed by atoms with Gasteiger partial charge in [-0.1, -0.05) is 38.3 Å². The number of aliphatic hydroxyl groups excluding tert-OH is 1. The topological polar surface area (TPSA) is 104 Å². The second-order valence-electron chi connectivity index (χ2n) is 8.97. The minimum atomic E-state index is -1.63. The average Bonchev–Trinajstić information content (AvgIpc) is 2.75. The summed E-state index contributed by atoms with van der Waals surface area (Å²) in [6.07, 6.45) is 11.9. The van der Waals surface area contributed by atoms with Crippen molar-refractivity contribution >= 4 is 29.1 Å². The fourth-order valence-electron chi connectivity index (χ4n) is 5.02. The van der Waals surface area contributed by atoms with Crippen LogP contribution in [0.4, 0.5) is 5.69 Å². The molecule has 4 rings (SSSR count). The van der Waals surface area contributed by atoms with Gasteiger partial charge in [0.05, 0.1) is 0 Å². The zero-order valence-electron chi connectivity index (χ0n) is 17.6. The maximum Gasteiger partial charge on any atom is 0.376 e. The lowest BCUT2D eigenvalue weighted by Crippen LogP contribution is -2.48. The Morgan fingerprint density at radius 3 is 2.30 bits per heavy atom. The van der Waals surface area contributed by atoms with E-state index >= 15 is 0 Å². The largest absolute Gasteiger partial charge is 0.507 e. The van der Waals surface area contributed by atoms with Gasteiger partial charge < -0.3 is 15.5 Å². The quantitative estimate of drug-likeness (QED) is 0.226. The van der Waals surface area contributed by atoms with Gasteiger partial charge in [0.25, 0.3) is 5.78 Å². The molecule has 3 N–H and O–H groups in total. The van der Waals surface area contributed by atoms with Crippen LogP contribution in [0.15, 0.2) is 30.3 Å². The van der Waals surface area contributed by atoms with Gasteiger partial charge in [-0.3, -0.25) is 9.59 Å². The zero-order valence-corrected chi connectivity index (χ0v) is 17.6. The molecule has 3 fully saturated rings. The zero-order chi connectivity index (χ0) is 21.8. The monoisotopic (exact) mass is 413 g/mol. The van der Waals surface area contributed by atoms with Crippen LogP contribution in [0.1, 0.15) is 76.7 Å². The van der Waals surface area contributed by atoms with E-state index in [0.717, 1.165) is 38.5 Å². The molecule has 1 aromatic rings.